The Balaban J connectivity index is 3.26. The van der Waals surface area contributed by atoms with Crippen LogP contribution in [0.1, 0.15) is 44.9 Å². The van der Waals surface area contributed by atoms with Crippen LogP contribution in [0, 0.1) is 0 Å². The van der Waals surface area contributed by atoms with Gasteiger partial charge >= 0.3 is 0 Å². The van der Waals surface area contributed by atoms with Gasteiger partial charge in [-0.25, -0.2) is 4.68 Å². The molecule has 80 valence electrons. The molecule has 0 aromatic carbocycles. The predicted octanol–water partition coefficient (Wildman–Crippen LogP) is 2.60. The fourth-order valence-electron chi connectivity index (χ4n) is 1.78. The zero-order valence-electron chi connectivity index (χ0n) is 9.79. The SMILES string of the molecule is CCc1nn(CC)c(OC)c1C(C)C. The van der Waals surface area contributed by atoms with Crippen molar-refractivity contribution < 1.29 is 4.74 Å². The van der Waals surface area contributed by atoms with E-state index in [1.807, 2.05) is 4.68 Å². The van der Waals surface area contributed by atoms with Gasteiger partial charge in [0.2, 0.25) is 5.88 Å². The van der Waals surface area contributed by atoms with E-state index in [1.54, 1.807) is 7.11 Å². The van der Waals surface area contributed by atoms with Gasteiger partial charge in [0.25, 0.3) is 0 Å². The molecular weight excluding hydrogens is 176 g/mol. The Bertz CT molecular complexity index is 302. The van der Waals surface area contributed by atoms with Gasteiger partial charge in [0.05, 0.1) is 12.8 Å². The molecule has 0 amide bonds. The normalized spacial score (nSPS) is 11.0. The molecule has 0 saturated heterocycles. The summed E-state index contributed by atoms with van der Waals surface area (Å²) in [6.07, 6.45) is 0.969. The maximum Gasteiger partial charge on any atom is 0.215 e. The van der Waals surface area contributed by atoms with E-state index in [-0.39, 0.29) is 0 Å². The molecule has 1 rings (SSSR count). The summed E-state index contributed by atoms with van der Waals surface area (Å²) in [5, 5.41) is 4.53. The van der Waals surface area contributed by atoms with Crippen molar-refractivity contribution in [2.75, 3.05) is 7.11 Å². The monoisotopic (exact) mass is 196 g/mol. The highest BCUT2D eigenvalue weighted by molar-refractivity contribution is 5.34. The lowest BCUT2D eigenvalue weighted by Crippen LogP contribution is -2.01. The Hall–Kier alpha value is -0.990. The van der Waals surface area contributed by atoms with Gasteiger partial charge in [-0.05, 0) is 19.3 Å². The van der Waals surface area contributed by atoms with Crippen LogP contribution in [0.3, 0.4) is 0 Å². The van der Waals surface area contributed by atoms with Gasteiger partial charge in [-0.2, -0.15) is 5.10 Å². The molecule has 0 bridgehead atoms. The summed E-state index contributed by atoms with van der Waals surface area (Å²) in [5.41, 5.74) is 2.43. The summed E-state index contributed by atoms with van der Waals surface area (Å²) in [6.45, 7) is 9.44. The van der Waals surface area contributed by atoms with Crippen LogP contribution in [-0.4, -0.2) is 16.9 Å². The molecule has 0 aliphatic rings. The lowest BCUT2D eigenvalue weighted by atomic mass is 10.0. The average molecular weight is 196 g/mol. The number of nitrogens with zero attached hydrogens (tertiary/aromatic N) is 2. The van der Waals surface area contributed by atoms with Gasteiger partial charge in [0.1, 0.15) is 0 Å². The third-order valence-electron chi connectivity index (χ3n) is 2.42. The lowest BCUT2D eigenvalue weighted by molar-refractivity contribution is 0.358. The standard InChI is InChI=1S/C11H20N2O/c1-6-9-10(8(3)4)11(14-5)13(7-2)12-9/h8H,6-7H2,1-5H3. The topological polar surface area (TPSA) is 27.1 Å². The predicted molar refractivity (Wildman–Crippen MR) is 57.9 cm³/mol. The zero-order valence-corrected chi connectivity index (χ0v) is 9.79. The molecule has 1 aromatic heterocycles. The van der Waals surface area contributed by atoms with E-state index in [1.165, 1.54) is 11.3 Å². The van der Waals surface area contributed by atoms with Crippen molar-refractivity contribution in [2.24, 2.45) is 0 Å². The Morgan fingerprint density at radius 2 is 2.00 bits per heavy atom. The number of hydrogen-bond donors (Lipinski definition) is 0. The van der Waals surface area contributed by atoms with Gasteiger partial charge in [0, 0.05) is 12.1 Å². The van der Waals surface area contributed by atoms with Gasteiger partial charge in [0.15, 0.2) is 0 Å². The van der Waals surface area contributed by atoms with E-state index < -0.39 is 0 Å². The Morgan fingerprint density at radius 1 is 1.36 bits per heavy atom. The van der Waals surface area contributed by atoms with E-state index in [9.17, 15) is 0 Å². The molecule has 1 aromatic rings. The quantitative estimate of drug-likeness (QED) is 0.740. The Kier molecular flexibility index (Phi) is 3.55. The maximum absolute atomic E-state index is 5.41. The first-order chi connectivity index (χ1) is 6.65. The van der Waals surface area contributed by atoms with E-state index in [4.69, 9.17) is 4.74 Å². The Labute approximate surface area is 86.1 Å². The van der Waals surface area contributed by atoms with Crippen LogP contribution in [0.5, 0.6) is 5.88 Å². The first kappa shape index (κ1) is 11.1. The summed E-state index contributed by atoms with van der Waals surface area (Å²) < 4.78 is 7.35. The molecule has 14 heavy (non-hydrogen) atoms. The fourth-order valence-corrected chi connectivity index (χ4v) is 1.78. The molecule has 0 aliphatic carbocycles. The first-order valence-corrected chi connectivity index (χ1v) is 5.29. The minimum atomic E-state index is 0.472. The van der Waals surface area contributed by atoms with Crippen LogP contribution in [0.2, 0.25) is 0 Å². The summed E-state index contributed by atoms with van der Waals surface area (Å²) >= 11 is 0. The summed E-state index contributed by atoms with van der Waals surface area (Å²) in [7, 11) is 1.72. The van der Waals surface area contributed by atoms with Crippen LogP contribution in [0.4, 0.5) is 0 Å². The van der Waals surface area contributed by atoms with Gasteiger partial charge in [-0.1, -0.05) is 20.8 Å². The summed E-state index contributed by atoms with van der Waals surface area (Å²) in [5.74, 6) is 1.40. The molecule has 0 unspecified atom stereocenters. The molecule has 3 nitrogen and oxygen atoms in total. The fraction of sp³-hybridized carbons (Fsp3) is 0.727. The van der Waals surface area contributed by atoms with E-state index in [0.717, 1.165) is 18.8 Å². The van der Waals surface area contributed by atoms with Crippen molar-refractivity contribution >= 4 is 0 Å². The molecule has 0 saturated carbocycles. The molecule has 0 atom stereocenters. The summed E-state index contributed by atoms with van der Waals surface area (Å²) in [4.78, 5) is 0. The highest BCUT2D eigenvalue weighted by Crippen LogP contribution is 2.30. The molecular formula is C11H20N2O. The maximum atomic E-state index is 5.41. The van der Waals surface area contributed by atoms with Crippen molar-refractivity contribution in [1.29, 1.82) is 0 Å². The van der Waals surface area contributed by atoms with Crippen molar-refractivity contribution in [3.63, 3.8) is 0 Å². The lowest BCUT2D eigenvalue weighted by Gasteiger charge is -2.08. The molecule has 0 radical (unpaired) electrons. The van der Waals surface area contributed by atoms with Crippen LogP contribution in [0.25, 0.3) is 0 Å². The van der Waals surface area contributed by atoms with E-state index in [0.29, 0.717) is 5.92 Å². The zero-order chi connectivity index (χ0) is 10.7. The van der Waals surface area contributed by atoms with Crippen molar-refractivity contribution in [2.45, 2.75) is 46.6 Å². The Morgan fingerprint density at radius 3 is 2.36 bits per heavy atom. The van der Waals surface area contributed by atoms with E-state index >= 15 is 0 Å². The van der Waals surface area contributed by atoms with Gasteiger partial charge in [-0.15, -0.1) is 0 Å². The van der Waals surface area contributed by atoms with Crippen molar-refractivity contribution in [1.82, 2.24) is 9.78 Å². The highest BCUT2D eigenvalue weighted by atomic mass is 16.5. The number of ether oxygens (including phenoxy) is 1. The molecule has 3 heteroatoms. The van der Waals surface area contributed by atoms with Crippen LogP contribution >= 0.6 is 0 Å². The molecule has 0 spiro atoms. The highest BCUT2D eigenvalue weighted by Gasteiger charge is 2.18. The minimum absolute atomic E-state index is 0.472. The van der Waals surface area contributed by atoms with Gasteiger partial charge < -0.3 is 4.74 Å². The number of aryl methyl sites for hydroxylation is 2. The van der Waals surface area contributed by atoms with Crippen LogP contribution < -0.4 is 4.74 Å². The molecule has 1 heterocycles. The molecule has 0 N–H and O–H groups in total. The number of rotatable bonds is 4. The van der Waals surface area contributed by atoms with Gasteiger partial charge in [-0.3, -0.25) is 0 Å². The second kappa shape index (κ2) is 4.49. The van der Waals surface area contributed by atoms with Crippen molar-refractivity contribution in [3.05, 3.63) is 11.3 Å². The minimum Gasteiger partial charge on any atom is -0.481 e. The largest absolute Gasteiger partial charge is 0.481 e. The first-order valence-electron chi connectivity index (χ1n) is 5.29. The smallest absolute Gasteiger partial charge is 0.215 e. The second-order valence-corrected chi connectivity index (χ2v) is 3.69. The van der Waals surface area contributed by atoms with Crippen LogP contribution in [-0.2, 0) is 13.0 Å². The number of hydrogen-bond acceptors (Lipinski definition) is 2. The average Bonchev–Trinajstić information content (AvgIpc) is 2.54. The second-order valence-electron chi connectivity index (χ2n) is 3.69. The third kappa shape index (κ3) is 1.76. The number of aromatic nitrogens is 2. The molecule has 0 aliphatic heterocycles. The third-order valence-corrected chi connectivity index (χ3v) is 2.42. The van der Waals surface area contributed by atoms with Crippen LogP contribution in [0.15, 0.2) is 0 Å². The number of methoxy groups -OCH3 is 1. The van der Waals surface area contributed by atoms with Crippen molar-refractivity contribution in [3.8, 4) is 5.88 Å². The van der Waals surface area contributed by atoms with E-state index in [2.05, 4.69) is 32.8 Å². The molecule has 0 fully saturated rings. The summed E-state index contributed by atoms with van der Waals surface area (Å²) in [6, 6.07) is 0.